The fraction of sp³-hybridized carbons (Fsp3) is 0.625. The van der Waals surface area contributed by atoms with Crippen LogP contribution in [0.15, 0.2) is 18.2 Å². The highest BCUT2D eigenvalue weighted by Gasteiger charge is 2.26. The maximum atomic E-state index is 13.9. The Kier molecular flexibility index (Phi) is 6.43. The largest absolute Gasteiger partial charge is 0.488 e. The quantitative estimate of drug-likeness (QED) is 0.720. The predicted molar refractivity (Wildman–Crippen MR) is 79.4 cm³/mol. The van der Waals surface area contributed by atoms with E-state index in [1.807, 2.05) is 19.9 Å². The van der Waals surface area contributed by atoms with Crippen molar-refractivity contribution < 1.29 is 14.2 Å². The van der Waals surface area contributed by atoms with Crippen LogP contribution in [0.5, 0.6) is 5.75 Å². The summed E-state index contributed by atoms with van der Waals surface area (Å²) in [5, 5.41) is 13.3. The molecule has 0 radical (unpaired) electrons. The molecule has 0 amide bonds. The Bertz CT molecular complexity index is 419. The molecule has 1 rings (SSSR count). The lowest BCUT2D eigenvalue weighted by atomic mass is 9.94. The number of hydrogen-bond donors (Lipinski definition) is 2. The molecule has 1 unspecified atom stereocenters. The van der Waals surface area contributed by atoms with E-state index in [-0.39, 0.29) is 24.1 Å². The van der Waals surface area contributed by atoms with Crippen LogP contribution in [0.4, 0.5) is 4.39 Å². The van der Waals surface area contributed by atoms with Crippen molar-refractivity contribution in [3.05, 3.63) is 29.6 Å². The first-order valence-electron chi connectivity index (χ1n) is 7.21. The van der Waals surface area contributed by atoms with Gasteiger partial charge in [0.2, 0.25) is 0 Å². The number of rotatable bonds is 8. The molecular weight excluding hydrogens is 257 g/mol. The molecule has 1 aromatic carbocycles. The number of aliphatic hydroxyl groups is 1. The molecule has 0 heterocycles. The average molecular weight is 283 g/mol. The maximum Gasteiger partial charge on any atom is 0.165 e. The van der Waals surface area contributed by atoms with E-state index in [0.29, 0.717) is 6.54 Å². The standard InChI is InChI=1S/C16H26FNO2/c1-5-8-18-10-13-6-7-15(14(17)9-13)20-11-16(4,19)12(2)3/h6-7,9,12,18-19H,5,8,10-11H2,1-4H3. The summed E-state index contributed by atoms with van der Waals surface area (Å²) in [5.41, 5.74) is -0.0766. The molecule has 0 spiro atoms. The van der Waals surface area contributed by atoms with E-state index in [1.54, 1.807) is 13.0 Å². The van der Waals surface area contributed by atoms with Crippen LogP contribution in [0.3, 0.4) is 0 Å². The lowest BCUT2D eigenvalue weighted by molar-refractivity contribution is -0.0275. The molecule has 0 saturated heterocycles. The van der Waals surface area contributed by atoms with Crippen LogP contribution in [-0.2, 0) is 6.54 Å². The van der Waals surface area contributed by atoms with Gasteiger partial charge in [-0.3, -0.25) is 0 Å². The molecule has 4 heteroatoms. The van der Waals surface area contributed by atoms with Crippen LogP contribution >= 0.6 is 0 Å². The molecule has 114 valence electrons. The average Bonchev–Trinajstić information content (AvgIpc) is 2.38. The van der Waals surface area contributed by atoms with E-state index in [0.717, 1.165) is 18.5 Å². The number of nitrogens with one attached hydrogen (secondary N) is 1. The number of benzene rings is 1. The smallest absolute Gasteiger partial charge is 0.165 e. The lowest BCUT2D eigenvalue weighted by Crippen LogP contribution is -2.37. The molecule has 0 aromatic heterocycles. The summed E-state index contributed by atoms with van der Waals surface area (Å²) < 4.78 is 19.3. The Morgan fingerprint density at radius 1 is 1.40 bits per heavy atom. The van der Waals surface area contributed by atoms with Crippen molar-refractivity contribution >= 4 is 0 Å². The van der Waals surface area contributed by atoms with Crippen LogP contribution in [0.1, 0.15) is 39.7 Å². The van der Waals surface area contributed by atoms with Gasteiger partial charge in [-0.05, 0) is 43.5 Å². The van der Waals surface area contributed by atoms with Crippen molar-refractivity contribution in [3.63, 3.8) is 0 Å². The third kappa shape index (κ3) is 5.10. The first-order chi connectivity index (χ1) is 9.36. The Balaban J connectivity index is 2.60. The molecule has 1 aromatic rings. The van der Waals surface area contributed by atoms with Crippen molar-refractivity contribution in [1.29, 1.82) is 0 Å². The minimum Gasteiger partial charge on any atom is -0.488 e. The van der Waals surface area contributed by atoms with Crippen LogP contribution in [0, 0.1) is 11.7 Å². The second-order valence-corrected chi connectivity index (χ2v) is 5.74. The van der Waals surface area contributed by atoms with Crippen molar-refractivity contribution in [2.24, 2.45) is 5.92 Å². The van der Waals surface area contributed by atoms with Crippen LogP contribution in [-0.4, -0.2) is 23.9 Å². The number of hydrogen-bond acceptors (Lipinski definition) is 3. The van der Waals surface area contributed by atoms with Crippen molar-refractivity contribution in [2.45, 2.75) is 46.3 Å². The first-order valence-corrected chi connectivity index (χ1v) is 7.21. The summed E-state index contributed by atoms with van der Waals surface area (Å²) in [4.78, 5) is 0. The van der Waals surface area contributed by atoms with Crippen molar-refractivity contribution in [2.75, 3.05) is 13.2 Å². The van der Waals surface area contributed by atoms with E-state index in [9.17, 15) is 9.50 Å². The molecule has 3 nitrogen and oxygen atoms in total. The van der Waals surface area contributed by atoms with E-state index in [1.165, 1.54) is 6.07 Å². The summed E-state index contributed by atoms with van der Waals surface area (Å²) in [6.07, 6.45) is 1.05. The van der Waals surface area contributed by atoms with Crippen LogP contribution in [0.25, 0.3) is 0 Å². The minimum atomic E-state index is -0.964. The molecule has 0 saturated carbocycles. The summed E-state index contributed by atoms with van der Waals surface area (Å²) in [7, 11) is 0. The highest BCUT2D eigenvalue weighted by atomic mass is 19.1. The molecule has 0 aliphatic rings. The molecule has 1 atom stereocenters. The van der Waals surface area contributed by atoms with E-state index in [4.69, 9.17) is 4.74 Å². The second-order valence-electron chi connectivity index (χ2n) is 5.74. The maximum absolute atomic E-state index is 13.9. The fourth-order valence-electron chi connectivity index (χ4n) is 1.57. The van der Waals surface area contributed by atoms with Crippen LogP contribution in [0.2, 0.25) is 0 Å². The molecule has 0 aliphatic heterocycles. The van der Waals surface area contributed by atoms with Gasteiger partial charge in [-0.25, -0.2) is 4.39 Å². The summed E-state index contributed by atoms with van der Waals surface area (Å²) >= 11 is 0. The van der Waals surface area contributed by atoms with Gasteiger partial charge in [0.05, 0.1) is 5.60 Å². The molecular formula is C16H26FNO2. The van der Waals surface area contributed by atoms with Gasteiger partial charge < -0.3 is 15.2 Å². The third-order valence-electron chi connectivity index (χ3n) is 3.52. The molecule has 0 bridgehead atoms. The summed E-state index contributed by atoms with van der Waals surface area (Å²) in [6, 6.07) is 4.93. The first kappa shape index (κ1) is 16.9. The fourth-order valence-corrected chi connectivity index (χ4v) is 1.57. The van der Waals surface area contributed by atoms with Gasteiger partial charge in [-0.2, -0.15) is 0 Å². The van der Waals surface area contributed by atoms with Crippen molar-refractivity contribution in [3.8, 4) is 5.75 Å². The van der Waals surface area contributed by atoms with E-state index in [2.05, 4.69) is 12.2 Å². The van der Waals surface area contributed by atoms with E-state index >= 15 is 0 Å². The topological polar surface area (TPSA) is 41.5 Å². The highest BCUT2D eigenvalue weighted by Crippen LogP contribution is 2.22. The highest BCUT2D eigenvalue weighted by molar-refractivity contribution is 5.29. The van der Waals surface area contributed by atoms with Gasteiger partial charge in [0, 0.05) is 6.54 Å². The van der Waals surface area contributed by atoms with Gasteiger partial charge in [-0.1, -0.05) is 26.8 Å². The second kappa shape index (κ2) is 7.60. The van der Waals surface area contributed by atoms with Gasteiger partial charge in [0.1, 0.15) is 6.61 Å². The van der Waals surface area contributed by atoms with E-state index < -0.39 is 5.60 Å². The van der Waals surface area contributed by atoms with Gasteiger partial charge in [-0.15, -0.1) is 0 Å². The van der Waals surface area contributed by atoms with Gasteiger partial charge >= 0.3 is 0 Å². The monoisotopic (exact) mass is 283 g/mol. The van der Waals surface area contributed by atoms with Gasteiger partial charge in [0.25, 0.3) is 0 Å². The zero-order valence-corrected chi connectivity index (χ0v) is 12.9. The minimum absolute atomic E-state index is 0.0445. The third-order valence-corrected chi connectivity index (χ3v) is 3.52. The zero-order valence-electron chi connectivity index (χ0n) is 12.9. The Hall–Kier alpha value is -1.13. The van der Waals surface area contributed by atoms with Crippen LogP contribution < -0.4 is 10.1 Å². The molecule has 2 N–H and O–H groups in total. The summed E-state index contributed by atoms with van der Waals surface area (Å²) in [6.45, 7) is 9.23. The summed E-state index contributed by atoms with van der Waals surface area (Å²) in [5.74, 6) is -0.159. The Labute approximate surface area is 121 Å². The Morgan fingerprint density at radius 3 is 2.65 bits per heavy atom. The molecule has 0 aliphatic carbocycles. The lowest BCUT2D eigenvalue weighted by Gasteiger charge is -2.27. The predicted octanol–water partition coefficient (Wildman–Crippen LogP) is 3.11. The molecule has 20 heavy (non-hydrogen) atoms. The normalized spacial score (nSPS) is 14.3. The van der Waals surface area contributed by atoms with Crippen molar-refractivity contribution in [1.82, 2.24) is 5.32 Å². The zero-order chi connectivity index (χ0) is 15.2. The SMILES string of the molecule is CCCNCc1ccc(OCC(C)(O)C(C)C)c(F)c1. The number of halogens is 1. The molecule has 0 fully saturated rings. The van der Waals surface area contributed by atoms with Gasteiger partial charge in [0.15, 0.2) is 11.6 Å². The number of ether oxygens (including phenoxy) is 1. The Morgan fingerprint density at radius 2 is 2.10 bits per heavy atom.